The highest BCUT2D eigenvalue weighted by atomic mass is 16.5. The molecule has 0 radical (unpaired) electrons. The van der Waals surface area contributed by atoms with Gasteiger partial charge in [-0.2, -0.15) is 0 Å². The molecule has 1 aromatic heterocycles. The maximum atomic E-state index is 12.2. The molecule has 5 heteroatoms. The van der Waals surface area contributed by atoms with E-state index in [-0.39, 0.29) is 19.1 Å². The normalized spacial score (nSPS) is 10.8. The molecular weight excluding hydrogens is 412 g/mol. The Labute approximate surface area is 191 Å². The highest BCUT2D eigenvalue weighted by Gasteiger charge is 2.09. The molecule has 33 heavy (non-hydrogen) atoms. The molecule has 0 spiro atoms. The molecule has 4 aromatic carbocycles. The zero-order valence-electron chi connectivity index (χ0n) is 17.9. The molecule has 0 fully saturated rings. The summed E-state index contributed by atoms with van der Waals surface area (Å²) >= 11 is 0. The highest BCUT2D eigenvalue weighted by molar-refractivity contribution is 5.84. The molecule has 162 valence electrons. The van der Waals surface area contributed by atoms with Crippen molar-refractivity contribution in [2.24, 2.45) is 0 Å². The van der Waals surface area contributed by atoms with E-state index in [4.69, 9.17) is 9.26 Å². The van der Waals surface area contributed by atoms with Gasteiger partial charge < -0.3 is 14.6 Å². The van der Waals surface area contributed by atoms with Crippen molar-refractivity contribution >= 4 is 16.7 Å². The first-order valence-corrected chi connectivity index (χ1v) is 10.7. The predicted octanol–water partition coefficient (Wildman–Crippen LogP) is 5.86. The lowest BCUT2D eigenvalue weighted by atomic mass is 10.0. The van der Waals surface area contributed by atoms with Crippen LogP contribution >= 0.6 is 0 Å². The van der Waals surface area contributed by atoms with Crippen molar-refractivity contribution in [3.8, 4) is 28.2 Å². The van der Waals surface area contributed by atoms with Crippen molar-refractivity contribution in [2.75, 3.05) is 6.61 Å². The Kier molecular flexibility index (Phi) is 5.85. The largest absolute Gasteiger partial charge is 0.484 e. The third-order valence-corrected chi connectivity index (χ3v) is 5.39. The van der Waals surface area contributed by atoms with Crippen molar-refractivity contribution in [1.29, 1.82) is 0 Å². The average molecular weight is 434 g/mol. The maximum Gasteiger partial charge on any atom is 0.258 e. The van der Waals surface area contributed by atoms with Crippen LogP contribution in [0.3, 0.4) is 0 Å². The number of benzene rings is 4. The number of carbonyl (C=O) groups excluding carboxylic acids is 1. The quantitative estimate of drug-likeness (QED) is 0.349. The van der Waals surface area contributed by atoms with Crippen LogP contribution in [0.15, 0.2) is 108 Å². The summed E-state index contributed by atoms with van der Waals surface area (Å²) in [7, 11) is 0. The zero-order chi connectivity index (χ0) is 22.5. The molecule has 0 aliphatic carbocycles. The van der Waals surface area contributed by atoms with E-state index in [1.807, 2.05) is 78.9 Å². The lowest BCUT2D eigenvalue weighted by Crippen LogP contribution is -2.28. The summed E-state index contributed by atoms with van der Waals surface area (Å²) in [5, 5.41) is 9.08. The zero-order valence-corrected chi connectivity index (χ0v) is 17.9. The lowest BCUT2D eigenvalue weighted by Gasteiger charge is -2.07. The molecule has 0 unspecified atom stereocenters. The number of rotatable bonds is 7. The molecule has 5 rings (SSSR count). The van der Waals surface area contributed by atoms with E-state index in [1.165, 1.54) is 0 Å². The Morgan fingerprint density at radius 1 is 0.758 bits per heavy atom. The van der Waals surface area contributed by atoms with Crippen LogP contribution in [0.5, 0.6) is 5.75 Å². The Balaban J connectivity index is 1.15. The molecular formula is C28H22N2O3. The second kappa shape index (κ2) is 9.40. The molecule has 5 nitrogen and oxygen atoms in total. The molecule has 0 aliphatic heterocycles. The summed E-state index contributed by atoms with van der Waals surface area (Å²) in [6.45, 7) is 0.204. The Bertz CT molecular complexity index is 1380. The van der Waals surface area contributed by atoms with Gasteiger partial charge in [0, 0.05) is 11.6 Å². The third kappa shape index (κ3) is 4.93. The molecule has 1 amide bonds. The molecule has 0 bridgehead atoms. The van der Waals surface area contributed by atoms with E-state index < -0.39 is 0 Å². The van der Waals surface area contributed by atoms with Crippen molar-refractivity contribution in [1.82, 2.24) is 10.5 Å². The smallest absolute Gasteiger partial charge is 0.258 e. The number of carbonyl (C=O) groups is 1. The predicted molar refractivity (Wildman–Crippen MR) is 129 cm³/mol. The monoisotopic (exact) mass is 434 g/mol. The summed E-state index contributed by atoms with van der Waals surface area (Å²) < 4.78 is 11.1. The number of fused-ring (bicyclic) bond motifs is 1. The van der Waals surface area contributed by atoms with Gasteiger partial charge in [0.1, 0.15) is 11.4 Å². The highest BCUT2D eigenvalue weighted by Crippen LogP contribution is 2.25. The van der Waals surface area contributed by atoms with E-state index in [9.17, 15) is 4.79 Å². The van der Waals surface area contributed by atoms with Crippen molar-refractivity contribution in [2.45, 2.75) is 6.54 Å². The SMILES string of the molecule is O=C(COc1ccc2ccccc2c1)NCc1cc(-c2ccc(-c3ccccc3)cc2)on1. The minimum Gasteiger partial charge on any atom is -0.484 e. The summed E-state index contributed by atoms with van der Waals surface area (Å²) in [6, 6.07) is 33.9. The van der Waals surface area contributed by atoms with Crippen molar-refractivity contribution in [3.63, 3.8) is 0 Å². The molecule has 1 N–H and O–H groups in total. The van der Waals surface area contributed by atoms with Gasteiger partial charge in [0.15, 0.2) is 12.4 Å². The van der Waals surface area contributed by atoms with Crippen LogP contribution in [-0.2, 0) is 11.3 Å². The molecule has 0 atom stereocenters. The van der Waals surface area contributed by atoms with Crippen LogP contribution in [0, 0.1) is 0 Å². The fourth-order valence-electron chi connectivity index (χ4n) is 3.63. The molecule has 1 heterocycles. The second-order valence-electron chi connectivity index (χ2n) is 7.70. The number of amides is 1. The summed E-state index contributed by atoms with van der Waals surface area (Å²) in [5.41, 5.74) is 3.88. The van der Waals surface area contributed by atoms with E-state index in [0.717, 1.165) is 27.5 Å². The number of aromatic nitrogens is 1. The van der Waals surface area contributed by atoms with Crippen LogP contribution < -0.4 is 10.1 Å². The molecule has 5 aromatic rings. The van der Waals surface area contributed by atoms with Crippen LogP contribution in [-0.4, -0.2) is 17.7 Å². The Morgan fingerprint density at radius 2 is 1.45 bits per heavy atom. The van der Waals surface area contributed by atoms with Gasteiger partial charge in [-0.15, -0.1) is 0 Å². The lowest BCUT2D eigenvalue weighted by molar-refractivity contribution is -0.123. The first kappa shape index (κ1) is 20.5. The standard InChI is InChI=1S/C28H22N2O3/c31-28(19-32-26-15-14-21-8-4-5-9-24(21)16-26)29-18-25-17-27(33-30-25)23-12-10-22(11-13-23)20-6-2-1-3-7-20/h1-17H,18-19H2,(H,29,31). The van der Waals surface area contributed by atoms with Gasteiger partial charge in [-0.05, 0) is 34.0 Å². The van der Waals surface area contributed by atoms with Gasteiger partial charge in [0.05, 0.1) is 6.54 Å². The van der Waals surface area contributed by atoms with Gasteiger partial charge >= 0.3 is 0 Å². The first-order valence-electron chi connectivity index (χ1n) is 10.7. The fourth-order valence-corrected chi connectivity index (χ4v) is 3.63. The van der Waals surface area contributed by atoms with Gasteiger partial charge in [0.25, 0.3) is 5.91 Å². The van der Waals surface area contributed by atoms with Crippen molar-refractivity contribution < 1.29 is 14.1 Å². The number of ether oxygens (including phenoxy) is 1. The van der Waals surface area contributed by atoms with Crippen molar-refractivity contribution in [3.05, 3.63) is 109 Å². The summed E-state index contributed by atoms with van der Waals surface area (Å²) in [4.78, 5) is 12.2. The average Bonchev–Trinajstić information content (AvgIpc) is 3.36. The molecule has 0 saturated carbocycles. The molecule has 0 aliphatic rings. The topological polar surface area (TPSA) is 64.4 Å². The minimum atomic E-state index is -0.222. The Hall–Kier alpha value is -4.38. The summed E-state index contributed by atoms with van der Waals surface area (Å²) in [6.07, 6.45) is 0. The van der Waals surface area contributed by atoms with Crippen LogP contribution in [0.1, 0.15) is 5.69 Å². The van der Waals surface area contributed by atoms with Gasteiger partial charge in [-0.1, -0.05) is 90.1 Å². The van der Waals surface area contributed by atoms with Gasteiger partial charge in [-0.3, -0.25) is 4.79 Å². The number of hydrogen-bond acceptors (Lipinski definition) is 4. The number of hydrogen-bond donors (Lipinski definition) is 1. The second-order valence-corrected chi connectivity index (χ2v) is 7.70. The van der Waals surface area contributed by atoms with Crippen LogP contribution in [0.2, 0.25) is 0 Å². The van der Waals surface area contributed by atoms with E-state index in [1.54, 1.807) is 0 Å². The van der Waals surface area contributed by atoms with Gasteiger partial charge in [-0.25, -0.2) is 0 Å². The first-order chi connectivity index (χ1) is 16.2. The number of nitrogens with zero attached hydrogens (tertiary/aromatic N) is 1. The number of nitrogens with one attached hydrogen (secondary N) is 1. The van der Waals surface area contributed by atoms with Crippen LogP contribution in [0.25, 0.3) is 33.2 Å². The fraction of sp³-hybridized carbons (Fsp3) is 0.0714. The molecule has 0 saturated heterocycles. The maximum absolute atomic E-state index is 12.2. The summed E-state index contributed by atoms with van der Waals surface area (Å²) in [5.74, 6) is 1.10. The van der Waals surface area contributed by atoms with Gasteiger partial charge in [0.2, 0.25) is 0 Å². The Morgan fingerprint density at radius 3 is 2.27 bits per heavy atom. The van der Waals surface area contributed by atoms with E-state index >= 15 is 0 Å². The minimum absolute atomic E-state index is 0.0655. The van der Waals surface area contributed by atoms with E-state index in [0.29, 0.717) is 17.2 Å². The third-order valence-electron chi connectivity index (χ3n) is 5.39. The van der Waals surface area contributed by atoms with E-state index in [2.05, 4.69) is 34.7 Å². The van der Waals surface area contributed by atoms with Crippen LogP contribution in [0.4, 0.5) is 0 Å².